The largest absolute Gasteiger partial charge is 0.325 e. The van der Waals surface area contributed by atoms with Crippen molar-refractivity contribution in [3.8, 4) is 0 Å². The van der Waals surface area contributed by atoms with Crippen molar-refractivity contribution in [3.63, 3.8) is 0 Å². The van der Waals surface area contributed by atoms with Gasteiger partial charge in [-0.1, -0.05) is 18.2 Å². The van der Waals surface area contributed by atoms with Crippen molar-refractivity contribution in [1.29, 1.82) is 0 Å². The summed E-state index contributed by atoms with van der Waals surface area (Å²) >= 11 is 1.22. The molecule has 0 aliphatic carbocycles. The Morgan fingerprint density at radius 3 is 2.38 bits per heavy atom. The van der Waals surface area contributed by atoms with Crippen LogP contribution < -0.4 is 10.0 Å². The van der Waals surface area contributed by atoms with Gasteiger partial charge in [0.25, 0.3) is 15.7 Å². The van der Waals surface area contributed by atoms with Crippen LogP contribution in [-0.2, 0) is 14.8 Å². The lowest BCUT2D eigenvalue weighted by atomic mass is 10.2. The van der Waals surface area contributed by atoms with Crippen LogP contribution in [0.25, 0.3) is 0 Å². The van der Waals surface area contributed by atoms with Gasteiger partial charge in [0.15, 0.2) is 0 Å². The van der Waals surface area contributed by atoms with Crippen molar-refractivity contribution in [2.24, 2.45) is 0 Å². The molecule has 3 rings (SSSR count). The second kappa shape index (κ2) is 9.84. The highest BCUT2D eigenvalue weighted by Gasteiger charge is 2.18. The molecule has 0 saturated carbocycles. The standard InChI is InChI=1S/C22H21N3O5S2/c1-15-4-3-5-18(12-15)24-32(29,30)21-13-17(7-6-16(21)2)23-22(26)14-31-20-10-8-19(9-11-20)25(27)28/h3-13,24H,14H2,1-2H3,(H,23,26). The minimum Gasteiger partial charge on any atom is -0.325 e. The predicted octanol–water partition coefficient (Wildman–Crippen LogP) is 4.74. The van der Waals surface area contributed by atoms with Crippen LogP contribution >= 0.6 is 11.8 Å². The summed E-state index contributed by atoms with van der Waals surface area (Å²) in [5.41, 5.74) is 2.26. The lowest BCUT2D eigenvalue weighted by molar-refractivity contribution is -0.384. The second-order valence-electron chi connectivity index (χ2n) is 7.04. The fourth-order valence-corrected chi connectivity index (χ4v) is 4.92. The highest BCUT2D eigenvalue weighted by molar-refractivity contribution is 8.00. The van der Waals surface area contributed by atoms with E-state index in [-0.39, 0.29) is 22.2 Å². The third-order valence-electron chi connectivity index (χ3n) is 4.45. The van der Waals surface area contributed by atoms with Gasteiger partial charge in [-0.15, -0.1) is 11.8 Å². The number of nitro groups is 1. The first-order valence-electron chi connectivity index (χ1n) is 9.51. The number of aryl methyl sites for hydroxylation is 2. The maximum absolute atomic E-state index is 12.9. The lowest BCUT2D eigenvalue weighted by Crippen LogP contribution is -2.17. The molecule has 1 amide bonds. The molecule has 0 radical (unpaired) electrons. The van der Waals surface area contributed by atoms with E-state index in [1.165, 1.54) is 30.0 Å². The molecule has 0 spiro atoms. The number of non-ortho nitro benzene ring substituents is 1. The predicted molar refractivity (Wildman–Crippen MR) is 126 cm³/mol. The van der Waals surface area contributed by atoms with Crippen LogP contribution in [0.2, 0.25) is 0 Å². The zero-order valence-corrected chi connectivity index (χ0v) is 19.0. The van der Waals surface area contributed by atoms with E-state index in [1.807, 2.05) is 13.0 Å². The molecule has 0 bridgehead atoms. The van der Waals surface area contributed by atoms with E-state index in [0.717, 1.165) is 5.56 Å². The Hall–Kier alpha value is -3.37. The Morgan fingerprint density at radius 2 is 1.72 bits per heavy atom. The average molecular weight is 472 g/mol. The smallest absolute Gasteiger partial charge is 0.269 e. The molecular weight excluding hydrogens is 450 g/mol. The first-order chi connectivity index (χ1) is 15.1. The first-order valence-corrected chi connectivity index (χ1v) is 12.0. The van der Waals surface area contributed by atoms with Crippen molar-refractivity contribution in [1.82, 2.24) is 0 Å². The number of carbonyl (C=O) groups excluding carboxylic acids is 1. The Labute approximate surface area is 190 Å². The molecule has 0 fully saturated rings. The number of nitrogens with one attached hydrogen (secondary N) is 2. The zero-order valence-electron chi connectivity index (χ0n) is 17.4. The average Bonchev–Trinajstić information content (AvgIpc) is 2.73. The monoisotopic (exact) mass is 471 g/mol. The van der Waals surface area contributed by atoms with E-state index in [9.17, 15) is 23.3 Å². The second-order valence-corrected chi connectivity index (χ2v) is 9.74. The zero-order chi connectivity index (χ0) is 23.3. The summed E-state index contributed by atoms with van der Waals surface area (Å²) < 4.78 is 28.3. The molecule has 8 nitrogen and oxygen atoms in total. The summed E-state index contributed by atoms with van der Waals surface area (Å²) in [6, 6.07) is 17.6. The molecule has 0 heterocycles. The number of amides is 1. The van der Waals surface area contributed by atoms with Gasteiger partial charge in [0.2, 0.25) is 5.91 Å². The molecule has 3 aromatic rings. The highest BCUT2D eigenvalue weighted by Crippen LogP contribution is 2.25. The summed E-state index contributed by atoms with van der Waals surface area (Å²) in [4.78, 5) is 23.3. The van der Waals surface area contributed by atoms with E-state index < -0.39 is 14.9 Å². The fraction of sp³-hybridized carbons (Fsp3) is 0.136. The number of nitro benzene ring substituents is 1. The minimum absolute atomic E-state index is 0.0218. The Kier molecular flexibility index (Phi) is 7.16. The molecule has 0 atom stereocenters. The van der Waals surface area contributed by atoms with Crippen molar-refractivity contribution in [3.05, 3.63) is 88.0 Å². The molecule has 0 unspecified atom stereocenters. The van der Waals surface area contributed by atoms with Gasteiger partial charge in [0.1, 0.15) is 0 Å². The molecule has 0 saturated heterocycles. The number of anilines is 2. The highest BCUT2D eigenvalue weighted by atomic mass is 32.2. The SMILES string of the molecule is Cc1cccc(NS(=O)(=O)c2cc(NC(=O)CSc3ccc([N+](=O)[O-])cc3)ccc2C)c1. The number of rotatable bonds is 8. The van der Waals surface area contributed by atoms with Gasteiger partial charge in [-0.25, -0.2) is 8.42 Å². The number of hydrogen-bond donors (Lipinski definition) is 2. The van der Waals surface area contributed by atoms with Crippen LogP contribution in [0.3, 0.4) is 0 Å². The Balaban J connectivity index is 1.68. The molecule has 166 valence electrons. The number of nitrogens with zero attached hydrogens (tertiary/aromatic N) is 1. The van der Waals surface area contributed by atoms with Gasteiger partial charge in [0.05, 0.1) is 15.6 Å². The van der Waals surface area contributed by atoms with E-state index in [0.29, 0.717) is 21.8 Å². The molecule has 2 N–H and O–H groups in total. The van der Waals surface area contributed by atoms with Gasteiger partial charge in [-0.3, -0.25) is 19.6 Å². The van der Waals surface area contributed by atoms with Gasteiger partial charge in [-0.2, -0.15) is 0 Å². The summed E-state index contributed by atoms with van der Waals surface area (Å²) in [6.45, 7) is 3.55. The topological polar surface area (TPSA) is 118 Å². The Morgan fingerprint density at radius 1 is 1.00 bits per heavy atom. The third kappa shape index (κ3) is 6.08. The number of carbonyl (C=O) groups is 1. The summed E-state index contributed by atoms with van der Waals surface area (Å²) in [7, 11) is -3.85. The van der Waals surface area contributed by atoms with Crippen LogP contribution in [0.15, 0.2) is 76.5 Å². The van der Waals surface area contributed by atoms with Crippen molar-refractivity contribution >= 4 is 44.8 Å². The number of thioether (sulfide) groups is 1. The summed E-state index contributed by atoms with van der Waals surface area (Å²) in [6.07, 6.45) is 0. The van der Waals surface area contributed by atoms with E-state index in [2.05, 4.69) is 10.0 Å². The maximum atomic E-state index is 12.9. The maximum Gasteiger partial charge on any atom is 0.269 e. The molecule has 0 aliphatic heterocycles. The van der Waals surface area contributed by atoms with E-state index in [1.54, 1.807) is 49.4 Å². The Bertz CT molecular complexity index is 1260. The van der Waals surface area contributed by atoms with Gasteiger partial charge >= 0.3 is 0 Å². The van der Waals surface area contributed by atoms with Crippen LogP contribution in [0.1, 0.15) is 11.1 Å². The number of benzene rings is 3. The van der Waals surface area contributed by atoms with Crippen LogP contribution in [0.5, 0.6) is 0 Å². The summed E-state index contributed by atoms with van der Waals surface area (Å²) in [5, 5.41) is 13.4. The van der Waals surface area contributed by atoms with Crippen molar-refractivity contribution < 1.29 is 18.1 Å². The molecule has 0 aromatic heterocycles. The molecule has 3 aromatic carbocycles. The lowest BCUT2D eigenvalue weighted by Gasteiger charge is -2.13. The van der Waals surface area contributed by atoms with Crippen LogP contribution in [0.4, 0.5) is 17.1 Å². The van der Waals surface area contributed by atoms with E-state index in [4.69, 9.17) is 0 Å². The molecule has 32 heavy (non-hydrogen) atoms. The fourth-order valence-electron chi connectivity index (χ4n) is 2.90. The van der Waals surface area contributed by atoms with Crippen LogP contribution in [0, 0.1) is 24.0 Å². The van der Waals surface area contributed by atoms with Gasteiger partial charge in [0, 0.05) is 28.4 Å². The number of sulfonamides is 1. The first kappa shape index (κ1) is 23.3. The van der Waals surface area contributed by atoms with E-state index >= 15 is 0 Å². The van der Waals surface area contributed by atoms with Gasteiger partial charge < -0.3 is 5.32 Å². The van der Waals surface area contributed by atoms with Crippen molar-refractivity contribution in [2.75, 3.05) is 15.8 Å². The molecule has 10 heteroatoms. The van der Waals surface area contributed by atoms with Crippen molar-refractivity contribution in [2.45, 2.75) is 23.6 Å². The summed E-state index contributed by atoms with van der Waals surface area (Å²) in [5.74, 6) is -0.262. The third-order valence-corrected chi connectivity index (χ3v) is 6.98. The normalized spacial score (nSPS) is 11.1. The molecule has 0 aliphatic rings. The number of hydrogen-bond acceptors (Lipinski definition) is 6. The molecular formula is C22H21N3O5S2. The quantitative estimate of drug-likeness (QED) is 0.278. The minimum atomic E-state index is -3.85. The van der Waals surface area contributed by atoms with Gasteiger partial charge in [-0.05, 0) is 61.4 Å². The van der Waals surface area contributed by atoms with Crippen LogP contribution in [-0.4, -0.2) is 25.0 Å².